The summed E-state index contributed by atoms with van der Waals surface area (Å²) in [6.07, 6.45) is 5.10. The molecule has 1 fully saturated rings. The van der Waals surface area contributed by atoms with Gasteiger partial charge in [0.15, 0.2) is 5.76 Å². The highest BCUT2D eigenvalue weighted by atomic mass is 16.3. The zero-order chi connectivity index (χ0) is 15.1. The van der Waals surface area contributed by atoms with Crippen LogP contribution in [0, 0.1) is 0 Å². The zero-order valence-corrected chi connectivity index (χ0v) is 12.4. The van der Waals surface area contributed by atoms with Crippen molar-refractivity contribution < 1.29 is 14.0 Å². The Morgan fingerprint density at radius 1 is 1.38 bits per heavy atom. The van der Waals surface area contributed by atoms with Gasteiger partial charge in [-0.2, -0.15) is 0 Å². The lowest BCUT2D eigenvalue weighted by molar-refractivity contribution is 0.0676. The number of hydrogen-bond donors (Lipinski definition) is 2. The van der Waals surface area contributed by atoms with Crippen LogP contribution in [0.15, 0.2) is 22.8 Å². The molecule has 0 aliphatic carbocycles. The normalized spacial score (nSPS) is 15.8. The first-order valence-corrected chi connectivity index (χ1v) is 7.58. The maximum absolute atomic E-state index is 12.1. The molecule has 116 valence electrons. The molecule has 0 aromatic carbocycles. The van der Waals surface area contributed by atoms with Crippen LogP contribution in [0.4, 0.5) is 4.79 Å². The van der Waals surface area contributed by atoms with Gasteiger partial charge in [0.25, 0.3) is 5.91 Å². The molecule has 0 atom stereocenters. The molecule has 1 aliphatic heterocycles. The van der Waals surface area contributed by atoms with Crippen LogP contribution in [0.1, 0.15) is 43.2 Å². The molecule has 1 aromatic rings. The van der Waals surface area contributed by atoms with Gasteiger partial charge in [-0.1, -0.05) is 13.3 Å². The van der Waals surface area contributed by atoms with Gasteiger partial charge in [-0.3, -0.25) is 4.79 Å². The fourth-order valence-electron chi connectivity index (χ4n) is 2.40. The minimum Gasteiger partial charge on any atom is -0.459 e. The molecule has 1 saturated heterocycles. The number of unbranched alkanes of at least 4 members (excludes halogenated alkanes) is 1. The number of nitrogens with zero attached hydrogens (tertiary/aromatic N) is 1. The third-order valence-corrected chi connectivity index (χ3v) is 3.67. The molecule has 1 aromatic heterocycles. The molecule has 3 amide bonds. The Hall–Kier alpha value is -1.98. The van der Waals surface area contributed by atoms with Gasteiger partial charge in [0, 0.05) is 25.7 Å². The summed E-state index contributed by atoms with van der Waals surface area (Å²) in [6, 6.07) is 3.40. The SMILES string of the molecule is CCCCNC(=O)NC1CCN(C(=O)c2ccco2)CC1. The summed E-state index contributed by atoms with van der Waals surface area (Å²) < 4.78 is 5.12. The highest BCUT2D eigenvalue weighted by Gasteiger charge is 2.25. The second-order valence-electron chi connectivity index (χ2n) is 5.30. The van der Waals surface area contributed by atoms with Crippen molar-refractivity contribution in [1.29, 1.82) is 0 Å². The van der Waals surface area contributed by atoms with E-state index in [9.17, 15) is 9.59 Å². The van der Waals surface area contributed by atoms with E-state index in [1.165, 1.54) is 6.26 Å². The van der Waals surface area contributed by atoms with Crippen LogP contribution in [0.2, 0.25) is 0 Å². The average molecular weight is 293 g/mol. The number of carbonyl (C=O) groups excluding carboxylic acids is 2. The minimum atomic E-state index is -0.112. The van der Waals surface area contributed by atoms with Crippen LogP contribution in [-0.2, 0) is 0 Å². The maximum atomic E-state index is 12.1. The zero-order valence-electron chi connectivity index (χ0n) is 12.4. The van der Waals surface area contributed by atoms with E-state index in [1.54, 1.807) is 17.0 Å². The molecule has 1 aliphatic rings. The van der Waals surface area contributed by atoms with E-state index in [1.807, 2.05) is 0 Å². The summed E-state index contributed by atoms with van der Waals surface area (Å²) >= 11 is 0. The summed E-state index contributed by atoms with van der Waals surface area (Å²) in [7, 11) is 0. The van der Waals surface area contributed by atoms with Crippen molar-refractivity contribution in [3.8, 4) is 0 Å². The lowest BCUT2D eigenvalue weighted by Gasteiger charge is -2.31. The van der Waals surface area contributed by atoms with E-state index >= 15 is 0 Å². The van der Waals surface area contributed by atoms with Gasteiger partial charge in [-0.05, 0) is 31.4 Å². The molecular weight excluding hydrogens is 270 g/mol. The van der Waals surface area contributed by atoms with Gasteiger partial charge in [-0.15, -0.1) is 0 Å². The van der Waals surface area contributed by atoms with Gasteiger partial charge < -0.3 is 20.0 Å². The number of piperidine rings is 1. The molecule has 0 radical (unpaired) electrons. The van der Waals surface area contributed by atoms with E-state index < -0.39 is 0 Å². The van der Waals surface area contributed by atoms with Gasteiger partial charge in [0.05, 0.1) is 6.26 Å². The molecule has 2 heterocycles. The molecule has 21 heavy (non-hydrogen) atoms. The standard InChI is InChI=1S/C15H23N3O3/c1-2-3-8-16-15(20)17-12-6-9-18(10-7-12)14(19)13-5-4-11-21-13/h4-5,11-12H,2-3,6-10H2,1H3,(H2,16,17,20). The van der Waals surface area contributed by atoms with Crippen molar-refractivity contribution in [2.24, 2.45) is 0 Å². The van der Waals surface area contributed by atoms with E-state index in [2.05, 4.69) is 17.6 Å². The number of nitrogens with one attached hydrogen (secondary N) is 2. The second kappa shape index (κ2) is 7.71. The predicted octanol–water partition coefficient (Wildman–Crippen LogP) is 1.98. The molecule has 6 nitrogen and oxygen atoms in total. The van der Waals surface area contributed by atoms with Gasteiger partial charge >= 0.3 is 6.03 Å². The Kier molecular flexibility index (Phi) is 5.66. The third kappa shape index (κ3) is 4.51. The first-order valence-electron chi connectivity index (χ1n) is 7.58. The third-order valence-electron chi connectivity index (χ3n) is 3.67. The van der Waals surface area contributed by atoms with Crippen LogP contribution in [0.25, 0.3) is 0 Å². The molecule has 2 rings (SSSR count). The molecule has 2 N–H and O–H groups in total. The molecule has 6 heteroatoms. The van der Waals surface area contributed by atoms with Crippen molar-refractivity contribution in [1.82, 2.24) is 15.5 Å². The fraction of sp³-hybridized carbons (Fsp3) is 0.600. The fourth-order valence-corrected chi connectivity index (χ4v) is 2.40. The van der Waals surface area contributed by atoms with Crippen LogP contribution in [-0.4, -0.2) is 42.5 Å². The Morgan fingerprint density at radius 2 is 2.14 bits per heavy atom. The Balaban J connectivity index is 1.71. The Bertz CT molecular complexity index is 451. The Labute approximate surface area is 124 Å². The van der Waals surface area contributed by atoms with Crippen LogP contribution in [0.3, 0.4) is 0 Å². The monoisotopic (exact) mass is 293 g/mol. The van der Waals surface area contributed by atoms with Gasteiger partial charge in [0.2, 0.25) is 0 Å². The number of hydrogen-bond acceptors (Lipinski definition) is 3. The number of carbonyl (C=O) groups is 2. The quantitative estimate of drug-likeness (QED) is 0.815. The molecule has 0 spiro atoms. The van der Waals surface area contributed by atoms with Crippen molar-refractivity contribution in [2.45, 2.75) is 38.6 Å². The molecule has 0 unspecified atom stereocenters. The van der Waals surface area contributed by atoms with Crippen molar-refractivity contribution in [2.75, 3.05) is 19.6 Å². The van der Waals surface area contributed by atoms with E-state index in [-0.39, 0.29) is 18.0 Å². The van der Waals surface area contributed by atoms with Crippen LogP contribution >= 0.6 is 0 Å². The number of rotatable bonds is 5. The molecular formula is C15H23N3O3. The highest BCUT2D eigenvalue weighted by molar-refractivity contribution is 5.91. The van der Waals surface area contributed by atoms with Gasteiger partial charge in [0.1, 0.15) is 0 Å². The predicted molar refractivity (Wildman–Crippen MR) is 79.1 cm³/mol. The van der Waals surface area contributed by atoms with E-state index in [0.29, 0.717) is 25.4 Å². The number of furan rings is 1. The second-order valence-corrected chi connectivity index (χ2v) is 5.30. The summed E-state index contributed by atoms with van der Waals surface area (Å²) in [5.41, 5.74) is 0. The van der Waals surface area contributed by atoms with E-state index in [4.69, 9.17) is 4.42 Å². The summed E-state index contributed by atoms with van der Waals surface area (Å²) in [4.78, 5) is 25.5. The number of amides is 3. The minimum absolute atomic E-state index is 0.0779. The van der Waals surface area contributed by atoms with Crippen molar-refractivity contribution >= 4 is 11.9 Å². The topological polar surface area (TPSA) is 74.6 Å². The first-order chi connectivity index (χ1) is 10.2. The maximum Gasteiger partial charge on any atom is 0.315 e. The smallest absolute Gasteiger partial charge is 0.315 e. The Morgan fingerprint density at radius 3 is 2.76 bits per heavy atom. The number of urea groups is 1. The average Bonchev–Trinajstić information content (AvgIpc) is 3.02. The van der Waals surface area contributed by atoms with Gasteiger partial charge in [-0.25, -0.2) is 4.79 Å². The van der Waals surface area contributed by atoms with Crippen LogP contribution < -0.4 is 10.6 Å². The first kappa shape index (κ1) is 15.4. The lowest BCUT2D eigenvalue weighted by atomic mass is 10.0. The summed E-state index contributed by atoms with van der Waals surface area (Å²) in [5, 5.41) is 5.80. The summed E-state index contributed by atoms with van der Waals surface area (Å²) in [6.45, 7) is 4.07. The highest BCUT2D eigenvalue weighted by Crippen LogP contribution is 2.14. The molecule has 0 saturated carbocycles. The van der Waals surface area contributed by atoms with Crippen LogP contribution in [0.5, 0.6) is 0 Å². The van der Waals surface area contributed by atoms with E-state index in [0.717, 1.165) is 25.7 Å². The molecule has 0 bridgehead atoms. The van der Waals surface area contributed by atoms with Crippen molar-refractivity contribution in [3.05, 3.63) is 24.2 Å². The largest absolute Gasteiger partial charge is 0.459 e. The van der Waals surface area contributed by atoms with Crippen molar-refractivity contribution in [3.63, 3.8) is 0 Å². The lowest BCUT2D eigenvalue weighted by Crippen LogP contribution is -2.49. The number of likely N-dealkylation sites (tertiary alicyclic amines) is 1. The summed E-state index contributed by atoms with van der Waals surface area (Å²) in [5.74, 6) is 0.296.